The molecular weight excluding hydrogens is 259 g/mol. The van der Waals surface area contributed by atoms with Gasteiger partial charge in [-0.05, 0) is 24.3 Å². The number of hydrogen-bond donors (Lipinski definition) is 1. The predicted octanol–water partition coefficient (Wildman–Crippen LogP) is 2.51. The Morgan fingerprint density at radius 3 is 2.89 bits per heavy atom. The van der Waals surface area contributed by atoms with Gasteiger partial charge in [0.25, 0.3) is 0 Å². The fourth-order valence-corrected chi connectivity index (χ4v) is 1.89. The van der Waals surface area contributed by atoms with Gasteiger partial charge in [0, 0.05) is 17.6 Å². The number of carboxylic acids is 1. The van der Waals surface area contributed by atoms with Crippen LogP contribution in [-0.2, 0) is 18.3 Å². The number of rotatable bonds is 3. The molecule has 94 valence electrons. The smallest absolute Gasteiger partial charge is 0.309 e. The van der Waals surface area contributed by atoms with Crippen molar-refractivity contribution in [3.05, 3.63) is 40.8 Å². The summed E-state index contributed by atoms with van der Waals surface area (Å²) in [5.74, 6) is -1.41. The SMILES string of the molecule is Cn1nc(CC(=O)O)cc1-c1cc(Cl)ccc1F. The minimum absolute atomic E-state index is 0.198. The molecule has 4 nitrogen and oxygen atoms in total. The van der Waals surface area contributed by atoms with Gasteiger partial charge in [-0.25, -0.2) is 4.39 Å². The molecular formula is C12H10ClFN2O2. The number of halogens is 2. The minimum Gasteiger partial charge on any atom is -0.481 e. The lowest BCUT2D eigenvalue weighted by Gasteiger charge is -2.03. The lowest BCUT2D eigenvalue weighted by molar-refractivity contribution is -0.136. The monoisotopic (exact) mass is 268 g/mol. The van der Waals surface area contributed by atoms with Crippen LogP contribution in [0.2, 0.25) is 5.02 Å². The number of aromatic nitrogens is 2. The van der Waals surface area contributed by atoms with E-state index in [4.69, 9.17) is 16.7 Å². The van der Waals surface area contributed by atoms with Gasteiger partial charge in [-0.2, -0.15) is 5.10 Å². The summed E-state index contributed by atoms with van der Waals surface area (Å²) in [6, 6.07) is 5.75. The Morgan fingerprint density at radius 2 is 2.22 bits per heavy atom. The molecule has 1 aromatic heterocycles. The zero-order valence-electron chi connectivity index (χ0n) is 9.52. The van der Waals surface area contributed by atoms with E-state index < -0.39 is 11.8 Å². The van der Waals surface area contributed by atoms with Crippen molar-refractivity contribution >= 4 is 17.6 Å². The van der Waals surface area contributed by atoms with E-state index in [1.807, 2.05) is 0 Å². The van der Waals surface area contributed by atoms with Crippen molar-refractivity contribution in [1.82, 2.24) is 9.78 Å². The van der Waals surface area contributed by atoms with Gasteiger partial charge < -0.3 is 5.11 Å². The molecule has 0 fully saturated rings. The van der Waals surface area contributed by atoms with Crippen LogP contribution < -0.4 is 0 Å². The fraction of sp³-hybridized carbons (Fsp3) is 0.167. The molecule has 0 bridgehead atoms. The van der Waals surface area contributed by atoms with E-state index in [-0.39, 0.29) is 6.42 Å². The van der Waals surface area contributed by atoms with Crippen molar-refractivity contribution in [2.45, 2.75) is 6.42 Å². The van der Waals surface area contributed by atoms with E-state index in [9.17, 15) is 9.18 Å². The fourth-order valence-electron chi connectivity index (χ4n) is 1.71. The average Bonchev–Trinajstić information content (AvgIpc) is 2.62. The van der Waals surface area contributed by atoms with E-state index in [0.29, 0.717) is 22.0 Å². The summed E-state index contributed by atoms with van der Waals surface area (Å²) in [5.41, 5.74) is 1.17. The maximum absolute atomic E-state index is 13.7. The van der Waals surface area contributed by atoms with E-state index in [1.165, 1.54) is 22.9 Å². The third kappa shape index (κ3) is 2.51. The van der Waals surface area contributed by atoms with Crippen molar-refractivity contribution in [1.29, 1.82) is 0 Å². The Hall–Kier alpha value is -1.88. The van der Waals surface area contributed by atoms with Crippen LogP contribution in [0.3, 0.4) is 0 Å². The molecule has 0 amide bonds. The Kier molecular flexibility index (Phi) is 3.34. The number of benzene rings is 1. The summed E-state index contributed by atoms with van der Waals surface area (Å²) in [6.45, 7) is 0. The van der Waals surface area contributed by atoms with E-state index >= 15 is 0 Å². The average molecular weight is 269 g/mol. The molecule has 0 spiro atoms. The highest BCUT2D eigenvalue weighted by molar-refractivity contribution is 6.30. The van der Waals surface area contributed by atoms with Crippen LogP contribution in [0, 0.1) is 5.82 Å². The molecule has 0 aliphatic heterocycles. The molecule has 0 unspecified atom stereocenters. The summed E-state index contributed by atoms with van der Waals surface area (Å²) >= 11 is 5.82. The molecule has 18 heavy (non-hydrogen) atoms. The quantitative estimate of drug-likeness (QED) is 0.931. The standard InChI is InChI=1S/C12H10ClFN2O2/c1-16-11(5-8(15-16)6-12(17)18)9-4-7(13)2-3-10(9)14/h2-5H,6H2,1H3,(H,17,18). The Bertz CT molecular complexity index is 610. The highest BCUT2D eigenvalue weighted by atomic mass is 35.5. The van der Waals surface area contributed by atoms with Crippen molar-refractivity contribution in [2.75, 3.05) is 0 Å². The van der Waals surface area contributed by atoms with Crippen molar-refractivity contribution in [3.8, 4) is 11.3 Å². The molecule has 0 saturated carbocycles. The molecule has 1 heterocycles. The van der Waals surface area contributed by atoms with Gasteiger partial charge in [0.2, 0.25) is 0 Å². The predicted molar refractivity (Wildman–Crippen MR) is 65.0 cm³/mol. The Morgan fingerprint density at radius 1 is 1.50 bits per heavy atom. The van der Waals surface area contributed by atoms with Gasteiger partial charge in [-0.3, -0.25) is 9.48 Å². The number of carboxylic acid groups (broad SMARTS) is 1. The second kappa shape index (κ2) is 4.78. The molecule has 6 heteroatoms. The van der Waals surface area contributed by atoms with Gasteiger partial charge in [0.05, 0.1) is 17.8 Å². The zero-order chi connectivity index (χ0) is 13.3. The number of aryl methyl sites for hydroxylation is 1. The number of aliphatic carboxylic acids is 1. The first-order chi connectivity index (χ1) is 8.47. The highest BCUT2D eigenvalue weighted by Gasteiger charge is 2.13. The van der Waals surface area contributed by atoms with E-state index in [2.05, 4.69) is 5.10 Å². The van der Waals surface area contributed by atoms with E-state index in [0.717, 1.165) is 0 Å². The largest absolute Gasteiger partial charge is 0.481 e. The lowest BCUT2D eigenvalue weighted by Crippen LogP contribution is -2.01. The van der Waals surface area contributed by atoms with Crippen LogP contribution in [-0.4, -0.2) is 20.9 Å². The van der Waals surface area contributed by atoms with Crippen LogP contribution in [0.25, 0.3) is 11.3 Å². The van der Waals surface area contributed by atoms with Crippen LogP contribution in [0.15, 0.2) is 24.3 Å². The summed E-state index contributed by atoms with van der Waals surface area (Å²) < 4.78 is 15.1. The highest BCUT2D eigenvalue weighted by Crippen LogP contribution is 2.26. The van der Waals surface area contributed by atoms with Gasteiger partial charge in [-0.15, -0.1) is 0 Å². The molecule has 1 aromatic carbocycles. The van der Waals surface area contributed by atoms with Crippen LogP contribution in [0.4, 0.5) is 4.39 Å². The minimum atomic E-state index is -0.980. The van der Waals surface area contributed by atoms with Gasteiger partial charge in [0.1, 0.15) is 5.82 Å². The zero-order valence-corrected chi connectivity index (χ0v) is 10.3. The van der Waals surface area contributed by atoms with Gasteiger partial charge in [-0.1, -0.05) is 11.6 Å². The van der Waals surface area contributed by atoms with Crippen molar-refractivity contribution in [2.24, 2.45) is 7.05 Å². The van der Waals surface area contributed by atoms with Crippen LogP contribution in [0.5, 0.6) is 0 Å². The maximum Gasteiger partial charge on any atom is 0.309 e. The molecule has 0 radical (unpaired) electrons. The summed E-state index contributed by atoms with van der Waals surface area (Å²) in [4.78, 5) is 10.6. The molecule has 0 aliphatic rings. The van der Waals surface area contributed by atoms with Gasteiger partial charge in [0.15, 0.2) is 0 Å². The topological polar surface area (TPSA) is 55.1 Å². The van der Waals surface area contributed by atoms with Crippen LogP contribution >= 0.6 is 11.6 Å². The molecule has 0 atom stereocenters. The summed E-state index contributed by atoms with van der Waals surface area (Å²) in [5, 5.41) is 13.1. The molecule has 0 saturated heterocycles. The first-order valence-corrected chi connectivity index (χ1v) is 5.55. The first kappa shape index (κ1) is 12.6. The number of hydrogen-bond acceptors (Lipinski definition) is 2. The molecule has 2 rings (SSSR count). The summed E-state index contributed by atoms with van der Waals surface area (Å²) in [6.07, 6.45) is -0.198. The molecule has 2 aromatic rings. The normalized spacial score (nSPS) is 10.6. The Labute approximate surface area is 108 Å². The number of carbonyl (C=O) groups is 1. The maximum atomic E-state index is 13.7. The van der Waals surface area contributed by atoms with Crippen LogP contribution in [0.1, 0.15) is 5.69 Å². The Balaban J connectivity index is 2.47. The van der Waals surface area contributed by atoms with E-state index in [1.54, 1.807) is 13.1 Å². The molecule has 0 aliphatic carbocycles. The third-order valence-electron chi connectivity index (χ3n) is 2.47. The second-order valence-electron chi connectivity index (χ2n) is 3.84. The van der Waals surface area contributed by atoms with Crippen molar-refractivity contribution in [3.63, 3.8) is 0 Å². The van der Waals surface area contributed by atoms with Crippen molar-refractivity contribution < 1.29 is 14.3 Å². The van der Waals surface area contributed by atoms with Gasteiger partial charge >= 0.3 is 5.97 Å². The first-order valence-electron chi connectivity index (χ1n) is 5.17. The molecule has 1 N–H and O–H groups in total. The lowest BCUT2D eigenvalue weighted by atomic mass is 10.1. The second-order valence-corrected chi connectivity index (χ2v) is 4.28. The number of nitrogens with zero attached hydrogens (tertiary/aromatic N) is 2. The summed E-state index contributed by atoms with van der Waals surface area (Å²) in [7, 11) is 1.63. The third-order valence-corrected chi connectivity index (χ3v) is 2.70.